The second kappa shape index (κ2) is 13.2. The van der Waals surface area contributed by atoms with Gasteiger partial charge in [-0.3, -0.25) is 14.3 Å². The van der Waals surface area contributed by atoms with Crippen molar-refractivity contribution in [1.82, 2.24) is 9.62 Å². The van der Waals surface area contributed by atoms with Crippen LogP contribution in [0, 0.1) is 17.3 Å². The van der Waals surface area contributed by atoms with Gasteiger partial charge in [0, 0.05) is 17.4 Å². The third-order valence-electron chi connectivity index (χ3n) is 9.47. The Balaban J connectivity index is 1.62. The molecular formula is C34H43F3N2O6S. The molecule has 12 heteroatoms. The zero-order chi connectivity index (χ0) is 33.4. The lowest BCUT2D eigenvalue weighted by atomic mass is 9.73. The van der Waals surface area contributed by atoms with Crippen molar-refractivity contribution < 1.29 is 40.7 Å². The third-order valence-corrected chi connectivity index (χ3v) is 11.3. The zero-order valence-electron chi connectivity index (χ0n) is 26.7. The molecular weight excluding hydrogens is 621 g/mol. The van der Waals surface area contributed by atoms with Crippen molar-refractivity contribution >= 4 is 21.8 Å². The maximum absolute atomic E-state index is 14.6. The molecule has 2 amide bonds. The third kappa shape index (κ3) is 7.22. The fourth-order valence-electron chi connectivity index (χ4n) is 7.08. The van der Waals surface area contributed by atoms with Crippen LogP contribution in [0.5, 0.6) is 5.75 Å². The van der Waals surface area contributed by atoms with E-state index >= 15 is 0 Å². The number of likely N-dealkylation sites (tertiary alicyclic amines) is 1. The molecule has 8 nitrogen and oxygen atoms in total. The van der Waals surface area contributed by atoms with E-state index in [4.69, 9.17) is 9.47 Å². The van der Waals surface area contributed by atoms with Gasteiger partial charge in [-0.1, -0.05) is 70.4 Å². The summed E-state index contributed by atoms with van der Waals surface area (Å²) in [6.45, 7) is 5.38. The minimum atomic E-state index is -4.59. The van der Waals surface area contributed by atoms with E-state index in [-0.39, 0.29) is 29.7 Å². The molecule has 1 N–H and O–H groups in total. The van der Waals surface area contributed by atoms with E-state index in [9.17, 15) is 31.2 Å². The highest BCUT2D eigenvalue weighted by molar-refractivity contribution is 7.90. The summed E-state index contributed by atoms with van der Waals surface area (Å²) < 4.78 is 81.4. The smallest absolute Gasteiger partial charge is 0.416 e. The molecule has 4 atom stereocenters. The highest BCUT2D eigenvalue weighted by Crippen LogP contribution is 2.51. The van der Waals surface area contributed by atoms with Gasteiger partial charge < -0.3 is 14.4 Å². The van der Waals surface area contributed by atoms with E-state index in [0.29, 0.717) is 31.2 Å². The molecule has 0 aromatic heterocycles. The monoisotopic (exact) mass is 664 g/mol. The van der Waals surface area contributed by atoms with Gasteiger partial charge in [0.2, 0.25) is 15.9 Å². The number of nitrogens with one attached hydrogen (secondary N) is 1. The lowest BCUT2D eigenvalue weighted by Crippen LogP contribution is -2.54. The molecule has 46 heavy (non-hydrogen) atoms. The number of sulfonamides is 1. The van der Waals surface area contributed by atoms with Crippen molar-refractivity contribution in [1.29, 1.82) is 0 Å². The van der Waals surface area contributed by atoms with Gasteiger partial charge in [-0.05, 0) is 54.9 Å². The number of amides is 2. The average Bonchev–Trinajstić information content (AvgIpc) is 3.81. The molecule has 5 rings (SSSR count). The Hall–Kier alpha value is -3.12. The van der Waals surface area contributed by atoms with Gasteiger partial charge in [0.15, 0.2) is 0 Å². The SMILES string of the molecule is COc1ccc(C(F)(F)F)cc1CO[C@H]1[C@H](C(C)(C)C)[C@@H](C(=O)NS(=O)(=O)C2CC2)N(C(=O)C2CCCCC2)[C@H]1c1ccccc1. The Kier molecular flexibility index (Phi) is 9.80. The molecule has 2 aromatic rings. The molecule has 1 heterocycles. The largest absolute Gasteiger partial charge is 0.496 e. The molecule has 0 radical (unpaired) electrons. The summed E-state index contributed by atoms with van der Waals surface area (Å²) in [4.78, 5) is 30.3. The predicted molar refractivity (Wildman–Crippen MR) is 166 cm³/mol. The van der Waals surface area contributed by atoms with Crippen molar-refractivity contribution in [2.24, 2.45) is 17.3 Å². The maximum Gasteiger partial charge on any atom is 0.416 e. The van der Waals surface area contributed by atoms with Gasteiger partial charge in [-0.25, -0.2) is 8.42 Å². The molecule has 252 valence electrons. The number of hydrogen-bond donors (Lipinski definition) is 1. The quantitative estimate of drug-likeness (QED) is 0.333. The van der Waals surface area contributed by atoms with Crippen molar-refractivity contribution in [2.45, 2.75) is 102 Å². The highest BCUT2D eigenvalue weighted by Gasteiger charge is 2.59. The van der Waals surface area contributed by atoms with Crippen molar-refractivity contribution in [3.05, 3.63) is 65.2 Å². The average molecular weight is 665 g/mol. The summed E-state index contributed by atoms with van der Waals surface area (Å²) in [5, 5.41) is -0.654. The van der Waals surface area contributed by atoms with E-state index in [0.717, 1.165) is 31.4 Å². The fraction of sp³-hybridized carbons (Fsp3) is 0.588. The van der Waals surface area contributed by atoms with Gasteiger partial charge in [0.25, 0.3) is 5.91 Å². The number of methoxy groups -OCH3 is 1. The van der Waals surface area contributed by atoms with Gasteiger partial charge in [-0.2, -0.15) is 13.2 Å². The first-order valence-electron chi connectivity index (χ1n) is 15.9. The predicted octanol–water partition coefficient (Wildman–Crippen LogP) is 6.40. The van der Waals surface area contributed by atoms with Crippen molar-refractivity contribution in [2.75, 3.05) is 7.11 Å². The molecule has 0 spiro atoms. The van der Waals surface area contributed by atoms with Gasteiger partial charge >= 0.3 is 6.18 Å². The first kappa shape index (κ1) is 34.2. The van der Waals surface area contributed by atoms with Crippen LogP contribution in [-0.2, 0) is 37.1 Å². The van der Waals surface area contributed by atoms with Gasteiger partial charge in [0.1, 0.15) is 11.8 Å². The lowest BCUT2D eigenvalue weighted by molar-refractivity contribution is -0.145. The molecule has 2 aliphatic carbocycles. The van der Waals surface area contributed by atoms with E-state index in [1.165, 1.54) is 18.1 Å². The lowest BCUT2D eigenvalue weighted by Gasteiger charge is -2.37. The first-order valence-corrected chi connectivity index (χ1v) is 17.5. The molecule has 1 aliphatic heterocycles. The number of rotatable bonds is 9. The second-order valence-corrected chi connectivity index (χ2v) is 15.7. The van der Waals surface area contributed by atoms with Crippen molar-refractivity contribution in [3.63, 3.8) is 0 Å². The Morgan fingerprint density at radius 3 is 2.17 bits per heavy atom. The second-order valence-electron chi connectivity index (χ2n) is 13.8. The molecule has 3 fully saturated rings. The Labute approximate surface area is 269 Å². The van der Waals surface area contributed by atoms with E-state index in [1.807, 2.05) is 51.1 Å². The van der Waals surface area contributed by atoms with Crippen LogP contribution in [0.1, 0.15) is 88.4 Å². The molecule has 3 aliphatic rings. The van der Waals surface area contributed by atoms with Gasteiger partial charge in [-0.15, -0.1) is 0 Å². The van der Waals surface area contributed by atoms with Crippen LogP contribution >= 0.6 is 0 Å². The minimum absolute atomic E-state index is 0.158. The summed E-state index contributed by atoms with van der Waals surface area (Å²) in [5.74, 6) is -1.90. The first-order chi connectivity index (χ1) is 21.6. The molecule has 2 aromatic carbocycles. The number of ether oxygens (including phenoxy) is 2. The minimum Gasteiger partial charge on any atom is -0.496 e. The van der Waals surface area contributed by atoms with Crippen molar-refractivity contribution in [3.8, 4) is 5.75 Å². The number of alkyl halides is 3. The van der Waals surface area contributed by atoms with Crippen LogP contribution in [0.15, 0.2) is 48.5 Å². The molecule has 0 bridgehead atoms. The van der Waals surface area contributed by atoms with Crippen LogP contribution in [0.3, 0.4) is 0 Å². The number of carbonyl (C=O) groups excluding carboxylic acids is 2. The molecule has 0 unspecified atom stereocenters. The normalized spacial score (nSPS) is 24.5. The summed E-state index contributed by atoms with van der Waals surface area (Å²) in [5.41, 5.74) is -0.724. The Morgan fingerprint density at radius 1 is 0.957 bits per heavy atom. The fourth-order valence-corrected chi connectivity index (χ4v) is 8.41. The number of nitrogens with zero attached hydrogens (tertiary/aromatic N) is 1. The number of carbonyl (C=O) groups is 2. The summed E-state index contributed by atoms with van der Waals surface area (Å²) in [7, 11) is -2.59. The summed E-state index contributed by atoms with van der Waals surface area (Å²) >= 11 is 0. The van der Waals surface area contributed by atoms with Crippen LogP contribution in [0.25, 0.3) is 0 Å². The Bertz CT molecular complexity index is 1520. The molecule has 1 saturated heterocycles. The molecule has 2 saturated carbocycles. The zero-order valence-corrected chi connectivity index (χ0v) is 27.5. The van der Waals surface area contributed by atoms with Crippen LogP contribution in [0.2, 0.25) is 0 Å². The Morgan fingerprint density at radius 2 is 1.61 bits per heavy atom. The number of benzene rings is 2. The number of hydrogen-bond acceptors (Lipinski definition) is 6. The van der Waals surface area contributed by atoms with Crippen LogP contribution in [0.4, 0.5) is 13.2 Å². The summed E-state index contributed by atoms with van der Waals surface area (Å²) in [6.07, 6.45) is -0.517. The summed E-state index contributed by atoms with van der Waals surface area (Å²) in [6, 6.07) is 10.2. The van der Waals surface area contributed by atoms with E-state index in [1.54, 1.807) is 0 Å². The topological polar surface area (TPSA) is 102 Å². The number of halogens is 3. The van der Waals surface area contributed by atoms with Gasteiger partial charge in [0.05, 0.1) is 36.7 Å². The van der Waals surface area contributed by atoms with E-state index in [2.05, 4.69) is 4.72 Å². The standard InChI is InChI=1S/C34H43F3N2O6S/c1-33(2,3)27-29(31(40)38-46(42,43)25-16-17-25)39(32(41)22-13-9-6-10-14-22)28(21-11-7-5-8-12-21)30(27)45-20-23-19-24(34(35,36)37)15-18-26(23)44-4/h5,7-8,11-12,15,18-19,22,25,27-30H,6,9-10,13-14,16-17,20H2,1-4H3,(H,38,40)/t27-,28+,29+,30+/m1/s1. The van der Waals surface area contributed by atoms with Crippen LogP contribution < -0.4 is 9.46 Å². The maximum atomic E-state index is 14.6. The van der Waals surface area contributed by atoms with Crippen LogP contribution in [-0.4, -0.2) is 49.6 Å². The van der Waals surface area contributed by atoms with E-state index < -0.39 is 62.4 Å². The highest BCUT2D eigenvalue weighted by atomic mass is 32.2.